The molecule has 0 aliphatic heterocycles. The van der Waals surface area contributed by atoms with Crippen LogP contribution in [0.25, 0.3) is 22.3 Å². The number of halogens is 6. The summed E-state index contributed by atoms with van der Waals surface area (Å²) in [6.07, 6.45) is -6.84. The van der Waals surface area contributed by atoms with Gasteiger partial charge in [0, 0.05) is 0 Å². The Morgan fingerprint density at radius 2 is 1.29 bits per heavy atom. The lowest BCUT2D eigenvalue weighted by Gasteiger charge is -2.21. The van der Waals surface area contributed by atoms with Gasteiger partial charge in [0.2, 0.25) is 0 Å². The van der Waals surface area contributed by atoms with Crippen molar-refractivity contribution in [2.75, 3.05) is 0 Å². The van der Waals surface area contributed by atoms with Crippen molar-refractivity contribution in [1.29, 1.82) is 0 Å². The van der Waals surface area contributed by atoms with Crippen molar-refractivity contribution < 1.29 is 36.2 Å². The van der Waals surface area contributed by atoms with Crippen molar-refractivity contribution in [2.24, 2.45) is 5.92 Å². The molecule has 1 atom stereocenters. The van der Waals surface area contributed by atoms with Crippen LogP contribution in [0.1, 0.15) is 41.9 Å². The molecule has 3 aromatic carbocycles. The summed E-state index contributed by atoms with van der Waals surface area (Å²) < 4.78 is 78.4. The third-order valence-corrected chi connectivity index (χ3v) is 6.06. The van der Waals surface area contributed by atoms with Crippen LogP contribution >= 0.6 is 0 Å². The standard InChI is InChI=1S/C26H20F6O2/c27-25(28,29)18-10-6-16(7-11-18)20-2-1-3-21(22(24(33)34)14-15-4-5-15)23(20)17-8-12-19(13-9-17)26(30,31)32/h1-3,6-13,15,22H,4-5,14H2,(H,33,34). The van der Waals surface area contributed by atoms with E-state index in [2.05, 4.69) is 0 Å². The molecule has 1 N–H and O–H groups in total. The van der Waals surface area contributed by atoms with E-state index in [4.69, 9.17) is 0 Å². The fourth-order valence-electron chi connectivity index (χ4n) is 4.14. The van der Waals surface area contributed by atoms with Crippen molar-refractivity contribution in [3.8, 4) is 22.3 Å². The van der Waals surface area contributed by atoms with Crippen LogP contribution in [0.4, 0.5) is 26.3 Å². The topological polar surface area (TPSA) is 37.3 Å². The number of carboxylic acid groups (broad SMARTS) is 1. The normalized spacial score (nSPS) is 15.2. The lowest BCUT2D eigenvalue weighted by molar-refractivity contribution is -0.139. The molecule has 8 heteroatoms. The average molecular weight is 478 g/mol. The summed E-state index contributed by atoms with van der Waals surface area (Å²) in [5.74, 6) is -1.68. The van der Waals surface area contributed by atoms with Crippen LogP contribution < -0.4 is 0 Å². The molecule has 0 spiro atoms. The van der Waals surface area contributed by atoms with Gasteiger partial charge < -0.3 is 5.11 Å². The maximum atomic E-state index is 13.1. The van der Waals surface area contributed by atoms with Crippen LogP contribution in [0, 0.1) is 5.92 Å². The summed E-state index contributed by atoms with van der Waals surface area (Å²) in [5.41, 5.74) is 0.368. The van der Waals surface area contributed by atoms with E-state index in [9.17, 15) is 36.2 Å². The summed E-state index contributed by atoms with van der Waals surface area (Å²) in [6, 6.07) is 13.7. The zero-order valence-electron chi connectivity index (χ0n) is 17.8. The Bertz CT molecular complexity index is 1170. The smallest absolute Gasteiger partial charge is 0.416 e. The van der Waals surface area contributed by atoms with E-state index in [1.807, 2.05) is 0 Å². The molecule has 1 fully saturated rings. The predicted molar refractivity (Wildman–Crippen MR) is 115 cm³/mol. The SMILES string of the molecule is O=C(O)C(CC1CC1)c1cccc(-c2ccc(C(F)(F)F)cc2)c1-c1ccc(C(F)(F)F)cc1. The summed E-state index contributed by atoms with van der Waals surface area (Å²) in [5, 5.41) is 9.94. The van der Waals surface area contributed by atoms with Gasteiger partial charge in [0.05, 0.1) is 17.0 Å². The highest BCUT2D eigenvalue weighted by Gasteiger charge is 2.34. The quantitative estimate of drug-likeness (QED) is 0.364. The van der Waals surface area contributed by atoms with Gasteiger partial charge >= 0.3 is 18.3 Å². The number of alkyl halides is 6. The van der Waals surface area contributed by atoms with Gasteiger partial charge in [-0.25, -0.2) is 0 Å². The van der Waals surface area contributed by atoms with E-state index >= 15 is 0 Å². The molecule has 0 heterocycles. The highest BCUT2D eigenvalue weighted by atomic mass is 19.4. The molecule has 3 aromatic rings. The second-order valence-electron chi connectivity index (χ2n) is 8.49. The van der Waals surface area contributed by atoms with Crippen molar-refractivity contribution in [3.63, 3.8) is 0 Å². The van der Waals surface area contributed by atoms with Crippen LogP contribution in [0.15, 0.2) is 66.7 Å². The van der Waals surface area contributed by atoms with E-state index in [-0.39, 0.29) is 5.92 Å². The maximum absolute atomic E-state index is 13.1. The number of aliphatic carboxylic acids is 1. The molecule has 0 bridgehead atoms. The Balaban J connectivity index is 1.88. The predicted octanol–water partition coefficient (Wildman–Crippen LogP) is 8.03. The van der Waals surface area contributed by atoms with Crippen LogP contribution in [-0.4, -0.2) is 11.1 Å². The molecular formula is C26H20F6O2. The van der Waals surface area contributed by atoms with Gasteiger partial charge in [-0.1, -0.05) is 55.3 Å². The van der Waals surface area contributed by atoms with Gasteiger partial charge in [-0.05, 0) is 64.4 Å². The number of benzene rings is 3. The summed E-state index contributed by atoms with van der Waals surface area (Å²) in [4.78, 5) is 12.2. The van der Waals surface area contributed by atoms with Gasteiger partial charge in [0.25, 0.3) is 0 Å². The second-order valence-corrected chi connectivity index (χ2v) is 8.49. The Labute approximate surface area is 191 Å². The molecule has 34 heavy (non-hydrogen) atoms. The van der Waals surface area contributed by atoms with Crippen LogP contribution in [0.2, 0.25) is 0 Å². The minimum Gasteiger partial charge on any atom is -0.481 e. The van der Waals surface area contributed by atoms with Crippen molar-refractivity contribution >= 4 is 5.97 Å². The third-order valence-electron chi connectivity index (χ3n) is 6.06. The van der Waals surface area contributed by atoms with Gasteiger partial charge in [-0.3, -0.25) is 4.79 Å². The van der Waals surface area contributed by atoms with Crippen LogP contribution in [0.5, 0.6) is 0 Å². The summed E-state index contributed by atoms with van der Waals surface area (Å²) in [6.45, 7) is 0. The number of rotatable bonds is 6. The van der Waals surface area contributed by atoms with Crippen LogP contribution in [0.3, 0.4) is 0 Å². The molecule has 1 aliphatic carbocycles. The molecule has 1 aliphatic rings. The maximum Gasteiger partial charge on any atom is 0.416 e. The zero-order chi connectivity index (χ0) is 24.7. The fourth-order valence-corrected chi connectivity index (χ4v) is 4.14. The first-order valence-electron chi connectivity index (χ1n) is 10.7. The van der Waals surface area contributed by atoms with Crippen molar-refractivity contribution in [1.82, 2.24) is 0 Å². The largest absolute Gasteiger partial charge is 0.481 e. The fraction of sp³-hybridized carbons (Fsp3) is 0.269. The minimum absolute atomic E-state index is 0.260. The number of carboxylic acids is 1. The Kier molecular flexibility index (Phi) is 6.18. The molecule has 178 valence electrons. The highest BCUT2D eigenvalue weighted by Crippen LogP contribution is 2.45. The molecule has 0 saturated heterocycles. The van der Waals surface area contributed by atoms with Crippen LogP contribution in [-0.2, 0) is 17.1 Å². The molecule has 0 aromatic heterocycles. The van der Waals surface area contributed by atoms with E-state index in [0.29, 0.717) is 34.2 Å². The molecule has 0 radical (unpaired) electrons. The Morgan fingerprint density at radius 1 is 0.794 bits per heavy atom. The highest BCUT2D eigenvalue weighted by molar-refractivity contribution is 5.90. The Morgan fingerprint density at radius 3 is 1.74 bits per heavy atom. The van der Waals surface area contributed by atoms with E-state index in [0.717, 1.165) is 37.1 Å². The van der Waals surface area contributed by atoms with Gasteiger partial charge in [-0.2, -0.15) is 26.3 Å². The average Bonchev–Trinajstić information content (AvgIpc) is 3.60. The third kappa shape index (κ3) is 5.11. The first kappa shape index (κ1) is 23.9. The Hall–Kier alpha value is -3.29. The first-order valence-corrected chi connectivity index (χ1v) is 10.7. The second kappa shape index (κ2) is 8.81. The number of hydrogen-bond donors (Lipinski definition) is 1. The molecule has 1 unspecified atom stereocenters. The van der Waals surface area contributed by atoms with Crippen molar-refractivity contribution in [3.05, 3.63) is 83.4 Å². The summed E-state index contributed by atoms with van der Waals surface area (Å²) >= 11 is 0. The molecule has 4 rings (SSSR count). The van der Waals surface area contributed by atoms with Crippen molar-refractivity contribution in [2.45, 2.75) is 37.5 Å². The summed E-state index contributed by atoms with van der Waals surface area (Å²) in [7, 11) is 0. The van der Waals surface area contributed by atoms with Gasteiger partial charge in [-0.15, -0.1) is 0 Å². The zero-order valence-corrected chi connectivity index (χ0v) is 17.8. The molecule has 1 saturated carbocycles. The number of carbonyl (C=O) groups is 1. The minimum atomic E-state index is -4.54. The molecular weight excluding hydrogens is 458 g/mol. The number of hydrogen-bond acceptors (Lipinski definition) is 1. The lowest BCUT2D eigenvalue weighted by atomic mass is 9.83. The molecule has 2 nitrogen and oxygen atoms in total. The van der Waals surface area contributed by atoms with E-state index < -0.39 is 35.4 Å². The van der Waals surface area contributed by atoms with Gasteiger partial charge in [0.1, 0.15) is 0 Å². The first-order chi connectivity index (χ1) is 15.9. The van der Waals surface area contributed by atoms with E-state index in [1.54, 1.807) is 18.2 Å². The van der Waals surface area contributed by atoms with E-state index in [1.165, 1.54) is 24.3 Å². The molecule has 0 amide bonds. The lowest BCUT2D eigenvalue weighted by Crippen LogP contribution is -2.14. The van der Waals surface area contributed by atoms with Gasteiger partial charge in [0.15, 0.2) is 0 Å². The monoisotopic (exact) mass is 478 g/mol.